The van der Waals surface area contributed by atoms with Crippen molar-refractivity contribution in [2.45, 2.75) is 62.1 Å². The summed E-state index contributed by atoms with van der Waals surface area (Å²) in [5.74, 6) is -4.00. The minimum atomic E-state index is -4.40. The van der Waals surface area contributed by atoms with E-state index in [9.17, 15) is 36.7 Å². The number of carboxylic acids is 2. The second kappa shape index (κ2) is 21.2. The molecule has 314 valence electrons. The summed E-state index contributed by atoms with van der Waals surface area (Å²) in [4.78, 5) is 52.9. The van der Waals surface area contributed by atoms with Crippen molar-refractivity contribution in [3.63, 3.8) is 0 Å². The number of carbonyl (C=O) groups excluding carboxylic acids is 1. The molecule has 0 spiro atoms. The van der Waals surface area contributed by atoms with E-state index in [1.54, 1.807) is 40.2 Å². The number of nitrogens with one attached hydrogen (secondary N) is 2. The number of thioether (sulfide) groups is 1. The summed E-state index contributed by atoms with van der Waals surface area (Å²) in [6.07, 6.45) is -3.91. The van der Waals surface area contributed by atoms with E-state index in [0.717, 1.165) is 40.9 Å². The predicted molar refractivity (Wildman–Crippen MR) is 209 cm³/mol. The summed E-state index contributed by atoms with van der Waals surface area (Å²) in [6.45, 7) is 5.76. The van der Waals surface area contributed by atoms with Crippen molar-refractivity contribution >= 4 is 29.6 Å². The fourth-order valence-electron chi connectivity index (χ4n) is 5.50. The quantitative estimate of drug-likeness (QED) is 0.0324. The number of aromatic nitrogens is 4. The number of aliphatic carboxylic acids is 2. The van der Waals surface area contributed by atoms with Crippen molar-refractivity contribution in [3.05, 3.63) is 135 Å². The molecule has 0 bridgehead atoms. The first-order chi connectivity index (χ1) is 28.0. The molecule has 59 heavy (non-hydrogen) atoms. The zero-order valence-corrected chi connectivity index (χ0v) is 32.6. The predicted octanol–water partition coefficient (Wildman–Crippen LogP) is 4.75. The van der Waals surface area contributed by atoms with Gasteiger partial charge in [0.05, 0.1) is 11.8 Å². The van der Waals surface area contributed by atoms with Crippen molar-refractivity contribution in [2.24, 2.45) is 0 Å². The third-order valence-corrected chi connectivity index (χ3v) is 9.96. The molecule has 5 rings (SSSR count). The van der Waals surface area contributed by atoms with Gasteiger partial charge in [-0.05, 0) is 58.6 Å². The zero-order chi connectivity index (χ0) is 43.3. The Morgan fingerprint density at radius 3 is 2.02 bits per heavy atom. The number of nitrogens with zero attached hydrogens (tertiary/aromatic N) is 4. The van der Waals surface area contributed by atoms with Gasteiger partial charge in [0.2, 0.25) is 5.91 Å². The van der Waals surface area contributed by atoms with Crippen LogP contribution in [-0.2, 0) is 39.4 Å². The summed E-state index contributed by atoms with van der Waals surface area (Å²) in [6, 6.07) is 18.4. The lowest BCUT2D eigenvalue weighted by molar-refractivity contribution is -0.165. The minimum Gasteiger partial charge on any atom is -0.479 e. The van der Waals surface area contributed by atoms with Gasteiger partial charge in [-0.1, -0.05) is 74.1 Å². The molecule has 0 saturated carbocycles. The molecule has 14 nitrogen and oxygen atoms in total. The lowest BCUT2D eigenvalue weighted by atomic mass is 9.98. The van der Waals surface area contributed by atoms with Crippen molar-refractivity contribution in [3.8, 4) is 11.1 Å². The number of hydrogen-bond acceptors (Lipinski definition) is 10. The number of alkyl halides is 3. The van der Waals surface area contributed by atoms with Crippen LogP contribution in [0.4, 0.5) is 17.6 Å². The van der Waals surface area contributed by atoms with Gasteiger partial charge in [0, 0.05) is 49.3 Å². The van der Waals surface area contributed by atoms with E-state index < -0.39 is 41.4 Å². The van der Waals surface area contributed by atoms with Crippen LogP contribution in [0.1, 0.15) is 47.6 Å². The highest BCUT2D eigenvalue weighted by Crippen LogP contribution is 2.31. The molecule has 3 unspecified atom stereocenters. The Bertz CT molecular complexity index is 2190. The summed E-state index contributed by atoms with van der Waals surface area (Å²) in [7, 11) is 0. The van der Waals surface area contributed by atoms with E-state index in [1.807, 2.05) is 38.1 Å². The second-order valence-corrected chi connectivity index (χ2v) is 14.0. The number of rotatable bonds is 17. The average Bonchev–Trinajstić information content (AvgIpc) is 3.76. The molecular formula is C40H42F4N6O8S. The number of aromatic amines is 1. The number of aliphatic hydroxyl groups is 2. The lowest BCUT2D eigenvalue weighted by Crippen LogP contribution is -2.39. The SMILES string of the molecule is CCNCCN(Cc1ccc(-c2ccc(C(F)(F)F)cc2)cc1)C(=O)Cn1cc(C(C)c2cn[nH]c2)c(=O)nc1SCc1ccc(F)cc1.O=C(O)C(O)C(O)C(=O)O. The molecule has 2 aromatic heterocycles. The first-order valence-electron chi connectivity index (χ1n) is 18.0. The van der Waals surface area contributed by atoms with Crippen LogP contribution in [0, 0.1) is 5.82 Å². The van der Waals surface area contributed by atoms with Gasteiger partial charge >= 0.3 is 18.1 Å². The Hall–Kier alpha value is -5.89. The van der Waals surface area contributed by atoms with Crippen LogP contribution >= 0.6 is 11.8 Å². The summed E-state index contributed by atoms with van der Waals surface area (Å²) >= 11 is 1.28. The van der Waals surface area contributed by atoms with Crippen molar-refractivity contribution in [1.29, 1.82) is 0 Å². The van der Waals surface area contributed by atoms with Gasteiger partial charge in [0.25, 0.3) is 5.56 Å². The van der Waals surface area contributed by atoms with Gasteiger partial charge in [-0.2, -0.15) is 23.3 Å². The Morgan fingerprint density at radius 1 is 0.915 bits per heavy atom. The molecule has 0 aliphatic heterocycles. The molecule has 19 heteroatoms. The van der Waals surface area contributed by atoms with E-state index in [4.69, 9.17) is 20.4 Å². The van der Waals surface area contributed by atoms with E-state index in [-0.39, 0.29) is 24.2 Å². The zero-order valence-electron chi connectivity index (χ0n) is 31.8. The van der Waals surface area contributed by atoms with Crippen LogP contribution in [0.3, 0.4) is 0 Å². The number of benzene rings is 3. The number of H-pyrrole nitrogens is 1. The molecule has 0 saturated heterocycles. The Morgan fingerprint density at radius 2 is 1.49 bits per heavy atom. The maximum Gasteiger partial charge on any atom is 0.416 e. The first-order valence-corrected chi connectivity index (χ1v) is 19.0. The molecule has 5 aromatic rings. The van der Waals surface area contributed by atoms with Gasteiger partial charge < -0.3 is 35.2 Å². The summed E-state index contributed by atoms with van der Waals surface area (Å²) < 4.78 is 54.2. The Kier molecular flexibility index (Phi) is 16.5. The second-order valence-electron chi connectivity index (χ2n) is 13.1. The number of likely N-dealkylation sites (N-methyl/N-ethyl adjacent to an activating group) is 1. The molecule has 2 heterocycles. The number of carboxylic acid groups (broad SMARTS) is 2. The molecule has 3 aromatic carbocycles. The lowest BCUT2D eigenvalue weighted by Gasteiger charge is -2.25. The highest BCUT2D eigenvalue weighted by Gasteiger charge is 2.30. The van der Waals surface area contributed by atoms with Crippen LogP contribution < -0.4 is 10.9 Å². The summed E-state index contributed by atoms with van der Waals surface area (Å²) in [5.41, 5.74) is 3.19. The number of halogens is 4. The highest BCUT2D eigenvalue weighted by atomic mass is 32.2. The highest BCUT2D eigenvalue weighted by molar-refractivity contribution is 7.98. The van der Waals surface area contributed by atoms with Crippen molar-refractivity contribution in [2.75, 3.05) is 19.6 Å². The number of hydrogen-bond donors (Lipinski definition) is 6. The Labute approximate surface area is 339 Å². The van der Waals surface area contributed by atoms with Crippen LogP contribution in [0.2, 0.25) is 0 Å². The largest absolute Gasteiger partial charge is 0.479 e. The molecule has 0 aliphatic rings. The maximum absolute atomic E-state index is 14.0. The normalized spacial score (nSPS) is 12.8. The molecule has 6 N–H and O–H groups in total. The fraction of sp³-hybridized carbons (Fsp3) is 0.300. The third kappa shape index (κ3) is 13.3. The van der Waals surface area contributed by atoms with Gasteiger partial charge in [0.1, 0.15) is 12.4 Å². The van der Waals surface area contributed by atoms with E-state index in [2.05, 4.69) is 20.5 Å². The number of aliphatic hydroxyl groups excluding tert-OH is 2. The van der Waals surface area contributed by atoms with E-state index in [0.29, 0.717) is 41.7 Å². The molecule has 0 fully saturated rings. The van der Waals surface area contributed by atoms with Crippen LogP contribution in [0.5, 0.6) is 0 Å². The van der Waals surface area contributed by atoms with Crippen molar-refractivity contribution in [1.82, 2.24) is 30.0 Å². The molecule has 1 amide bonds. The van der Waals surface area contributed by atoms with Crippen LogP contribution in [0.25, 0.3) is 11.1 Å². The van der Waals surface area contributed by atoms with Gasteiger partial charge in [-0.25, -0.2) is 14.0 Å². The summed E-state index contributed by atoms with van der Waals surface area (Å²) in [5, 5.41) is 42.9. The molecular weight excluding hydrogens is 801 g/mol. The van der Waals surface area contributed by atoms with Crippen molar-refractivity contribution < 1.29 is 52.4 Å². The smallest absolute Gasteiger partial charge is 0.416 e. The first kappa shape index (κ1) is 45.8. The van der Waals surface area contributed by atoms with Gasteiger partial charge in [0.15, 0.2) is 17.4 Å². The third-order valence-electron chi connectivity index (χ3n) is 8.90. The topological polar surface area (TPSA) is 211 Å². The van der Waals surface area contributed by atoms with E-state index >= 15 is 0 Å². The van der Waals surface area contributed by atoms with Crippen LogP contribution in [0.15, 0.2) is 101 Å². The van der Waals surface area contributed by atoms with Gasteiger partial charge in [-0.15, -0.1) is 0 Å². The molecule has 0 radical (unpaired) electrons. The number of carbonyl (C=O) groups is 3. The Balaban J connectivity index is 0.000000680. The van der Waals surface area contributed by atoms with Crippen LogP contribution in [-0.4, -0.2) is 94.8 Å². The maximum atomic E-state index is 14.0. The standard InChI is InChI=1S/C36H36F4N6O2S.C4H6O6/c1-3-41-16-17-45(20-25-4-8-27(9-5-25)28-10-12-30(13-11-28)36(38,39)40)33(47)22-46-21-32(24(2)29-18-42-43-19-29)34(48)44-35(46)49-23-26-6-14-31(37)15-7-26;5-1(3(7)8)2(6)4(9)10/h4-15,18-19,21,24,41H,3,16-17,20,22-23H2,1-2H3,(H,42,43);1-2,5-6H,(H,7,8)(H,9,10). The van der Waals surface area contributed by atoms with E-state index in [1.165, 1.54) is 36.0 Å². The minimum absolute atomic E-state index is 0.0834. The van der Waals surface area contributed by atoms with Gasteiger partial charge in [-0.3, -0.25) is 14.7 Å². The molecule has 0 aliphatic carbocycles. The average molecular weight is 843 g/mol. The number of amides is 1. The molecule has 3 atom stereocenters. The fourth-order valence-corrected chi connectivity index (χ4v) is 6.42. The monoisotopic (exact) mass is 842 g/mol.